The highest BCUT2D eigenvalue weighted by atomic mass is 79.9. The molecular formula is C28H32BrNOSi. The van der Waals surface area contributed by atoms with E-state index in [1.165, 1.54) is 21.3 Å². The predicted molar refractivity (Wildman–Crippen MR) is 142 cm³/mol. The maximum atomic E-state index is 7.13. The lowest BCUT2D eigenvalue weighted by Gasteiger charge is -2.43. The lowest BCUT2D eigenvalue weighted by atomic mass is 10.2. The standard InChI is InChI=1S/C28H32BrNOSi/c1-22(20-30-18-17-23-15-16-24(29)19-27(23)30)21-31-32(28(2,3)4,25-11-7-5-8-12-25)26-13-9-6-10-14-26/h5-19,22H,20-21H2,1-4H3/t22-/m0/s1. The molecule has 0 saturated carbocycles. The summed E-state index contributed by atoms with van der Waals surface area (Å²) in [6.07, 6.45) is 2.19. The Kier molecular flexibility index (Phi) is 6.75. The average Bonchev–Trinajstić information content (AvgIpc) is 3.16. The number of hydrogen-bond donors (Lipinski definition) is 0. The second kappa shape index (κ2) is 9.38. The van der Waals surface area contributed by atoms with Gasteiger partial charge in [0.1, 0.15) is 0 Å². The number of nitrogens with zero attached hydrogens (tertiary/aromatic N) is 1. The number of halogens is 1. The Balaban J connectivity index is 1.65. The minimum Gasteiger partial charge on any atom is -0.407 e. The molecule has 0 spiro atoms. The number of fused-ring (bicyclic) bond motifs is 1. The summed E-state index contributed by atoms with van der Waals surface area (Å²) in [5.74, 6) is 0.381. The van der Waals surface area contributed by atoms with Crippen LogP contribution in [0.5, 0.6) is 0 Å². The largest absolute Gasteiger partial charge is 0.407 e. The minimum absolute atomic E-state index is 0.000434. The van der Waals surface area contributed by atoms with Crippen LogP contribution >= 0.6 is 15.9 Å². The van der Waals surface area contributed by atoms with Crippen LogP contribution in [0.4, 0.5) is 0 Å². The third-order valence-corrected chi connectivity index (χ3v) is 11.7. The summed E-state index contributed by atoms with van der Waals surface area (Å²) < 4.78 is 10.6. The molecule has 166 valence electrons. The molecule has 1 heterocycles. The fourth-order valence-electron chi connectivity index (χ4n) is 4.73. The van der Waals surface area contributed by atoms with Gasteiger partial charge in [0.2, 0.25) is 0 Å². The summed E-state index contributed by atoms with van der Waals surface area (Å²) in [4.78, 5) is 0. The van der Waals surface area contributed by atoms with E-state index in [1.54, 1.807) is 0 Å². The molecule has 4 aromatic rings. The Morgan fingerprint density at radius 2 is 1.47 bits per heavy atom. The molecule has 0 radical (unpaired) electrons. The molecule has 32 heavy (non-hydrogen) atoms. The molecule has 0 aliphatic heterocycles. The van der Waals surface area contributed by atoms with Crippen molar-refractivity contribution in [3.8, 4) is 0 Å². The first-order chi connectivity index (χ1) is 15.3. The second-order valence-electron chi connectivity index (χ2n) is 9.75. The minimum atomic E-state index is -2.49. The van der Waals surface area contributed by atoms with Crippen molar-refractivity contribution in [1.29, 1.82) is 0 Å². The van der Waals surface area contributed by atoms with Gasteiger partial charge in [0.15, 0.2) is 0 Å². The number of hydrogen-bond acceptors (Lipinski definition) is 1. The fourth-order valence-corrected chi connectivity index (χ4v) is 9.77. The van der Waals surface area contributed by atoms with Crippen LogP contribution in [-0.4, -0.2) is 19.5 Å². The van der Waals surface area contributed by atoms with Crippen LogP contribution in [0.2, 0.25) is 5.04 Å². The lowest BCUT2D eigenvalue weighted by Crippen LogP contribution is -2.66. The van der Waals surface area contributed by atoms with E-state index in [2.05, 4.69) is 139 Å². The summed E-state index contributed by atoms with van der Waals surface area (Å²) >= 11 is 3.62. The first-order valence-corrected chi connectivity index (χ1v) is 14.0. The Morgan fingerprint density at radius 3 is 2.03 bits per heavy atom. The SMILES string of the molecule is C[C@H](CO[Si](c1ccccc1)(c1ccccc1)C(C)(C)C)Cn1ccc2ccc(Br)cc21. The molecule has 0 amide bonds. The van der Waals surface area contributed by atoms with Crippen LogP contribution in [-0.2, 0) is 11.0 Å². The Hall–Kier alpha value is -2.14. The van der Waals surface area contributed by atoms with Gasteiger partial charge in [-0.05, 0) is 44.9 Å². The van der Waals surface area contributed by atoms with Gasteiger partial charge in [0.05, 0.1) is 0 Å². The van der Waals surface area contributed by atoms with Crippen LogP contribution in [0.3, 0.4) is 0 Å². The van der Waals surface area contributed by atoms with E-state index in [0.717, 1.165) is 17.6 Å². The van der Waals surface area contributed by atoms with Crippen LogP contribution in [0.1, 0.15) is 27.7 Å². The molecule has 2 nitrogen and oxygen atoms in total. The summed E-state index contributed by atoms with van der Waals surface area (Å²) in [7, 11) is -2.49. The predicted octanol–water partition coefficient (Wildman–Crippen LogP) is 6.62. The Labute approximate surface area is 201 Å². The topological polar surface area (TPSA) is 14.2 Å². The molecular weight excluding hydrogens is 474 g/mol. The molecule has 0 bridgehead atoms. The zero-order valence-corrected chi connectivity index (χ0v) is 22.0. The number of aromatic nitrogens is 1. The zero-order chi connectivity index (χ0) is 22.8. The molecule has 1 atom stereocenters. The summed E-state index contributed by atoms with van der Waals surface area (Å²) in [6.45, 7) is 10.9. The molecule has 4 rings (SSSR count). The van der Waals surface area contributed by atoms with Crippen molar-refractivity contribution in [3.63, 3.8) is 0 Å². The highest BCUT2D eigenvalue weighted by molar-refractivity contribution is 9.10. The van der Waals surface area contributed by atoms with Gasteiger partial charge in [-0.3, -0.25) is 0 Å². The van der Waals surface area contributed by atoms with Gasteiger partial charge in [0.25, 0.3) is 8.32 Å². The first-order valence-electron chi connectivity index (χ1n) is 11.3. The third-order valence-electron chi connectivity index (χ3n) is 6.25. The maximum absolute atomic E-state index is 7.13. The van der Waals surface area contributed by atoms with Crippen molar-refractivity contribution in [2.75, 3.05) is 6.61 Å². The maximum Gasteiger partial charge on any atom is 0.261 e. The van der Waals surface area contributed by atoms with Gasteiger partial charge in [-0.15, -0.1) is 0 Å². The van der Waals surface area contributed by atoms with Crippen LogP contribution in [0.25, 0.3) is 10.9 Å². The third kappa shape index (κ3) is 4.50. The molecule has 3 aromatic carbocycles. The van der Waals surface area contributed by atoms with Crippen molar-refractivity contribution in [1.82, 2.24) is 4.57 Å². The summed E-state index contributed by atoms with van der Waals surface area (Å²) in [5.41, 5.74) is 1.26. The number of rotatable bonds is 7. The molecule has 0 aliphatic carbocycles. The van der Waals surface area contributed by atoms with E-state index in [-0.39, 0.29) is 5.04 Å². The molecule has 1 aromatic heterocycles. The van der Waals surface area contributed by atoms with E-state index in [0.29, 0.717) is 5.92 Å². The van der Waals surface area contributed by atoms with Gasteiger partial charge >= 0.3 is 0 Å². The average molecular weight is 507 g/mol. The normalized spacial score (nSPS) is 13.4. The second-order valence-corrected chi connectivity index (χ2v) is 15.0. The highest BCUT2D eigenvalue weighted by Gasteiger charge is 2.50. The van der Waals surface area contributed by atoms with Crippen LogP contribution in [0.15, 0.2) is 95.6 Å². The lowest BCUT2D eigenvalue weighted by molar-refractivity contribution is 0.232. The summed E-state index contributed by atoms with van der Waals surface area (Å²) in [6, 6.07) is 30.4. The van der Waals surface area contributed by atoms with Crippen LogP contribution < -0.4 is 10.4 Å². The van der Waals surface area contributed by atoms with Gasteiger partial charge in [-0.25, -0.2) is 0 Å². The highest BCUT2D eigenvalue weighted by Crippen LogP contribution is 2.37. The quantitative estimate of drug-likeness (QED) is 0.257. The van der Waals surface area contributed by atoms with E-state index in [9.17, 15) is 0 Å². The van der Waals surface area contributed by atoms with Gasteiger partial charge in [-0.2, -0.15) is 0 Å². The molecule has 0 saturated heterocycles. The monoisotopic (exact) mass is 505 g/mol. The first kappa shape index (κ1) is 23.0. The number of benzene rings is 3. The zero-order valence-electron chi connectivity index (χ0n) is 19.4. The smallest absolute Gasteiger partial charge is 0.261 e. The van der Waals surface area contributed by atoms with Gasteiger partial charge in [-0.1, -0.05) is 110 Å². The van der Waals surface area contributed by atoms with Crippen molar-refractivity contribution in [3.05, 3.63) is 95.6 Å². The van der Waals surface area contributed by atoms with Crippen LogP contribution in [0, 0.1) is 5.92 Å². The van der Waals surface area contributed by atoms with E-state index < -0.39 is 8.32 Å². The Morgan fingerprint density at radius 1 is 0.875 bits per heavy atom. The van der Waals surface area contributed by atoms with E-state index in [4.69, 9.17) is 4.43 Å². The van der Waals surface area contributed by atoms with Crippen molar-refractivity contribution >= 4 is 45.5 Å². The molecule has 0 unspecified atom stereocenters. The van der Waals surface area contributed by atoms with Gasteiger partial charge in [0, 0.05) is 29.3 Å². The van der Waals surface area contributed by atoms with Crippen molar-refractivity contribution in [2.45, 2.75) is 39.3 Å². The van der Waals surface area contributed by atoms with Crippen molar-refractivity contribution < 1.29 is 4.43 Å². The molecule has 0 fully saturated rings. The fraction of sp³-hybridized carbons (Fsp3) is 0.286. The Bertz CT molecular complexity index is 1120. The summed E-state index contributed by atoms with van der Waals surface area (Å²) in [5, 5.41) is 3.94. The molecule has 0 aliphatic rings. The van der Waals surface area contributed by atoms with Crippen molar-refractivity contribution in [2.24, 2.45) is 5.92 Å². The molecule has 4 heteroatoms. The molecule has 0 N–H and O–H groups in total. The van der Waals surface area contributed by atoms with E-state index >= 15 is 0 Å². The van der Waals surface area contributed by atoms with E-state index in [1.807, 2.05) is 0 Å². The van der Waals surface area contributed by atoms with Gasteiger partial charge < -0.3 is 8.99 Å².